The van der Waals surface area contributed by atoms with Gasteiger partial charge < -0.3 is 14.8 Å². The van der Waals surface area contributed by atoms with Crippen LogP contribution in [0.5, 0.6) is 5.75 Å². The molecule has 1 aromatic carbocycles. The lowest BCUT2D eigenvalue weighted by Crippen LogP contribution is -2.31. The smallest absolute Gasteiger partial charge is 0.251 e. The maximum Gasteiger partial charge on any atom is 0.251 e. The van der Waals surface area contributed by atoms with E-state index in [2.05, 4.69) is 12.2 Å². The number of unbranched alkanes of at least 4 members (excludes halogenated alkanes) is 3. The Morgan fingerprint density at radius 1 is 1.27 bits per heavy atom. The maximum atomic E-state index is 12.0. The van der Waals surface area contributed by atoms with Crippen LogP contribution >= 0.6 is 0 Å². The number of carbonyl (C=O) groups is 1. The minimum atomic E-state index is -0.0509. The first-order valence-electron chi connectivity index (χ1n) is 8.42. The van der Waals surface area contributed by atoms with Crippen LogP contribution in [0.2, 0.25) is 0 Å². The van der Waals surface area contributed by atoms with E-state index in [4.69, 9.17) is 9.47 Å². The second-order valence-electron chi connectivity index (χ2n) is 5.78. The average molecular weight is 305 g/mol. The number of ether oxygens (including phenoxy) is 2. The molecule has 1 aliphatic heterocycles. The SMILES string of the molecule is CCCCCCOc1ccc(C(=O)NCC2CCCO2)cc1. The summed E-state index contributed by atoms with van der Waals surface area (Å²) in [4.78, 5) is 12.0. The van der Waals surface area contributed by atoms with Crippen molar-refractivity contribution in [2.75, 3.05) is 19.8 Å². The first-order chi connectivity index (χ1) is 10.8. The summed E-state index contributed by atoms with van der Waals surface area (Å²) in [5.74, 6) is 0.775. The summed E-state index contributed by atoms with van der Waals surface area (Å²) in [6, 6.07) is 7.35. The van der Waals surface area contributed by atoms with Crippen LogP contribution in [0.4, 0.5) is 0 Å². The molecule has 1 aliphatic rings. The van der Waals surface area contributed by atoms with Gasteiger partial charge in [-0.15, -0.1) is 0 Å². The van der Waals surface area contributed by atoms with Gasteiger partial charge in [0.2, 0.25) is 0 Å². The van der Waals surface area contributed by atoms with Crippen LogP contribution in [0.1, 0.15) is 55.8 Å². The van der Waals surface area contributed by atoms with Gasteiger partial charge in [0, 0.05) is 18.7 Å². The Morgan fingerprint density at radius 2 is 2.09 bits per heavy atom. The molecule has 4 nitrogen and oxygen atoms in total. The second kappa shape index (κ2) is 9.46. The first-order valence-corrected chi connectivity index (χ1v) is 8.42. The molecular formula is C18H27NO3. The van der Waals surface area contributed by atoms with E-state index in [0.717, 1.165) is 38.2 Å². The molecule has 22 heavy (non-hydrogen) atoms. The lowest BCUT2D eigenvalue weighted by molar-refractivity contribution is 0.0857. The highest BCUT2D eigenvalue weighted by Crippen LogP contribution is 2.14. The number of amides is 1. The summed E-state index contributed by atoms with van der Waals surface area (Å²) >= 11 is 0. The van der Waals surface area contributed by atoms with Crippen LogP contribution in [-0.4, -0.2) is 31.8 Å². The molecule has 2 rings (SSSR count). The summed E-state index contributed by atoms with van der Waals surface area (Å²) in [6.45, 7) is 4.34. The van der Waals surface area contributed by atoms with E-state index in [-0.39, 0.29) is 12.0 Å². The molecule has 122 valence electrons. The molecule has 0 spiro atoms. The van der Waals surface area contributed by atoms with Crippen molar-refractivity contribution in [3.63, 3.8) is 0 Å². The Balaban J connectivity index is 1.69. The fourth-order valence-electron chi connectivity index (χ4n) is 2.54. The van der Waals surface area contributed by atoms with E-state index in [1.54, 1.807) is 0 Å². The molecule has 0 saturated carbocycles. The van der Waals surface area contributed by atoms with Crippen LogP contribution in [0.3, 0.4) is 0 Å². The van der Waals surface area contributed by atoms with Crippen molar-refractivity contribution in [2.24, 2.45) is 0 Å². The Morgan fingerprint density at radius 3 is 2.77 bits per heavy atom. The Bertz CT molecular complexity index is 438. The van der Waals surface area contributed by atoms with Gasteiger partial charge in [0.05, 0.1) is 12.7 Å². The Hall–Kier alpha value is -1.55. The number of nitrogens with one attached hydrogen (secondary N) is 1. The topological polar surface area (TPSA) is 47.6 Å². The van der Waals surface area contributed by atoms with Gasteiger partial charge in [-0.3, -0.25) is 4.79 Å². The highest BCUT2D eigenvalue weighted by atomic mass is 16.5. The normalized spacial score (nSPS) is 17.4. The van der Waals surface area contributed by atoms with Crippen LogP contribution in [0.15, 0.2) is 24.3 Å². The third kappa shape index (κ3) is 5.68. The molecule has 1 amide bonds. The van der Waals surface area contributed by atoms with Gasteiger partial charge in [-0.2, -0.15) is 0 Å². The second-order valence-corrected chi connectivity index (χ2v) is 5.78. The number of benzene rings is 1. The summed E-state index contributed by atoms with van der Waals surface area (Å²) in [5, 5.41) is 2.92. The monoisotopic (exact) mass is 305 g/mol. The highest BCUT2D eigenvalue weighted by Gasteiger charge is 2.16. The quantitative estimate of drug-likeness (QED) is 0.710. The Kier molecular flexibility index (Phi) is 7.23. The van der Waals surface area contributed by atoms with Crippen LogP contribution < -0.4 is 10.1 Å². The van der Waals surface area contributed by atoms with Gasteiger partial charge in [0.25, 0.3) is 5.91 Å². The molecule has 1 aromatic rings. The van der Waals surface area contributed by atoms with Crippen LogP contribution in [-0.2, 0) is 4.74 Å². The van der Waals surface area contributed by atoms with Crippen molar-refractivity contribution in [1.82, 2.24) is 5.32 Å². The molecule has 1 atom stereocenters. The highest BCUT2D eigenvalue weighted by molar-refractivity contribution is 5.94. The zero-order valence-electron chi connectivity index (χ0n) is 13.5. The average Bonchev–Trinajstić information content (AvgIpc) is 3.06. The predicted molar refractivity (Wildman–Crippen MR) is 87.4 cm³/mol. The molecule has 0 aliphatic carbocycles. The molecule has 0 aromatic heterocycles. The number of hydrogen-bond donors (Lipinski definition) is 1. The first kappa shape index (κ1) is 16.8. The van der Waals surface area contributed by atoms with Crippen molar-refractivity contribution in [1.29, 1.82) is 0 Å². The van der Waals surface area contributed by atoms with Crippen molar-refractivity contribution in [2.45, 2.75) is 51.6 Å². The van der Waals surface area contributed by atoms with Gasteiger partial charge in [-0.1, -0.05) is 26.2 Å². The molecule has 1 fully saturated rings. The lowest BCUT2D eigenvalue weighted by Gasteiger charge is -2.11. The third-order valence-electron chi connectivity index (χ3n) is 3.90. The molecule has 1 heterocycles. The molecule has 4 heteroatoms. The number of hydrogen-bond acceptors (Lipinski definition) is 3. The van der Waals surface area contributed by atoms with Crippen molar-refractivity contribution in [3.8, 4) is 5.75 Å². The zero-order valence-corrected chi connectivity index (χ0v) is 13.5. The van der Waals surface area contributed by atoms with Gasteiger partial charge in [-0.25, -0.2) is 0 Å². The molecule has 0 bridgehead atoms. The van der Waals surface area contributed by atoms with Crippen molar-refractivity contribution < 1.29 is 14.3 Å². The van der Waals surface area contributed by atoms with Crippen molar-refractivity contribution in [3.05, 3.63) is 29.8 Å². The largest absolute Gasteiger partial charge is 0.494 e. The van der Waals surface area contributed by atoms with Crippen LogP contribution in [0, 0.1) is 0 Å². The zero-order chi connectivity index (χ0) is 15.6. The number of carbonyl (C=O) groups excluding carboxylic acids is 1. The Labute approximate surface area is 133 Å². The van der Waals surface area contributed by atoms with E-state index in [1.807, 2.05) is 24.3 Å². The van der Waals surface area contributed by atoms with E-state index >= 15 is 0 Å². The van der Waals surface area contributed by atoms with E-state index in [9.17, 15) is 4.79 Å². The van der Waals surface area contributed by atoms with E-state index < -0.39 is 0 Å². The van der Waals surface area contributed by atoms with E-state index in [1.165, 1.54) is 19.3 Å². The van der Waals surface area contributed by atoms with Crippen LogP contribution in [0.25, 0.3) is 0 Å². The molecular weight excluding hydrogens is 278 g/mol. The summed E-state index contributed by atoms with van der Waals surface area (Å²) in [6.07, 6.45) is 7.07. The maximum absolute atomic E-state index is 12.0. The minimum absolute atomic E-state index is 0.0509. The summed E-state index contributed by atoms with van der Waals surface area (Å²) < 4.78 is 11.2. The summed E-state index contributed by atoms with van der Waals surface area (Å²) in [5.41, 5.74) is 0.663. The molecule has 1 unspecified atom stereocenters. The lowest BCUT2D eigenvalue weighted by atomic mass is 10.2. The van der Waals surface area contributed by atoms with Gasteiger partial charge in [0.1, 0.15) is 5.75 Å². The van der Waals surface area contributed by atoms with Crippen molar-refractivity contribution >= 4 is 5.91 Å². The van der Waals surface area contributed by atoms with E-state index in [0.29, 0.717) is 12.1 Å². The standard InChI is InChI=1S/C18H27NO3/c1-2-3-4-5-12-21-16-10-8-15(9-11-16)18(20)19-14-17-7-6-13-22-17/h8-11,17H,2-7,12-14H2,1H3,(H,19,20). The summed E-state index contributed by atoms with van der Waals surface area (Å²) in [7, 11) is 0. The fraction of sp³-hybridized carbons (Fsp3) is 0.611. The fourth-order valence-corrected chi connectivity index (χ4v) is 2.54. The van der Waals surface area contributed by atoms with Gasteiger partial charge >= 0.3 is 0 Å². The van der Waals surface area contributed by atoms with Gasteiger partial charge in [0.15, 0.2) is 0 Å². The third-order valence-corrected chi connectivity index (χ3v) is 3.90. The molecule has 1 saturated heterocycles. The minimum Gasteiger partial charge on any atom is -0.494 e. The molecule has 0 radical (unpaired) electrons. The molecule has 1 N–H and O–H groups in total. The predicted octanol–water partition coefficient (Wildman–Crippen LogP) is 3.55. The number of rotatable bonds is 9. The van der Waals surface area contributed by atoms with Gasteiger partial charge in [-0.05, 0) is 43.5 Å².